The molecule has 0 saturated carbocycles. The number of furan rings is 1. The summed E-state index contributed by atoms with van der Waals surface area (Å²) >= 11 is 3.22. The molecule has 1 aromatic carbocycles. The van der Waals surface area contributed by atoms with Crippen LogP contribution in [0.1, 0.15) is 21.9 Å². The number of esters is 1. The molecule has 2 aromatic rings. The molecule has 0 bridgehead atoms. The third kappa shape index (κ3) is 3.58. The molecule has 8 heteroatoms. The van der Waals surface area contributed by atoms with Gasteiger partial charge < -0.3 is 9.15 Å². The number of allylic oxidation sites excluding steroid dienone is 1. The second-order valence-electron chi connectivity index (χ2n) is 4.69. The number of ether oxygens (including phenoxy) is 1. The lowest BCUT2D eigenvalue weighted by Gasteiger charge is -2.02. The van der Waals surface area contributed by atoms with E-state index < -0.39 is 20.7 Å². The number of hydrogen-bond donors (Lipinski definition) is 0. The molecule has 0 radical (unpaired) electrons. The molecular formula is C16H12BrNO5S. The number of sulfone groups is 1. The maximum atomic E-state index is 12.5. The lowest BCUT2D eigenvalue weighted by molar-refractivity contribution is 0.0599. The summed E-state index contributed by atoms with van der Waals surface area (Å²) in [6.07, 6.45) is 1.08. The number of halogens is 1. The van der Waals surface area contributed by atoms with Crippen molar-refractivity contribution in [3.8, 4) is 6.07 Å². The van der Waals surface area contributed by atoms with E-state index in [1.165, 1.54) is 25.3 Å². The molecule has 0 saturated heterocycles. The van der Waals surface area contributed by atoms with Crippen LogP contribution < -0.4 is 0 Å². The molecule has 0 fully saturated rings. The first-order chi connectivity index (χ1) is 11.3. The van der Waals surface area contributed by atoms with Crippen molar-refractivity contribution in [3.05, 3.63) is 56.8 Å². The van der Waals surface area contributed by atoms with Crippen molar-refractivity contribution < 1.29 is 22.4 Å². The van der Waals surface area contributed by atoms with Crippen LogP contribution in [0.2, 0.25) is 0 Å². The summed E-state index contributed by atoms with van der Waals surface area (Å²) in [4.78, 5) is 11.1. The summed E-state index contributed by atoms with van der Waals surface area (Å²) in [7, 11) is -2.77. The van der Waals surface area contributed by atoms with E-state index in [4.69, 9.17) is 4.42 Å². The first-order valence-corrected chi connectivity index (χ1v) is 8.88. The monoisotopic (exact) mass is 409 g/mol. The standard InChI is InChI=1S/C16H12BrNO5S/c1-10-15(16(19)22-2)8-12(23-10)7-14(9-18)24(20,21)13-5-3-11(17)4-6-13/h3-8H,1-2H3. The Morgan fingerprint density at radius 1 is 1.33 bits per heavy atom. The van der Waals surface area contributed by atoms with Crippen LogP contribution in [0.5, 0.6) is 0 Å². The third-order valence-electron chi connectivity index (χ3n) is 3.14. The Hall–Kier alpha value is -2.37. The van der Waals surface area contributed by atoms with Gasteiger partial charge >= 0.3 is 5.97 Å². The van der Waals surface area contributed by atoms with Gasteiger partial charge in [-0.3, -0.25) is 0 Å². The molecule has 6 nitrogen and oxygen atoms in total. The highest BCUT2D eigenvalue weighted by molar-refractivity contribution is 9.10. The van der Waals surface area contributed by atoms with E-state index in [1.807, 2.05) is 0 Å². The van der Waals surface area contributed by atoms with Crippen molar-refractivity contribution in [2.24, 2.45) is 0 Å². The Morgan fingerprint density at radius 3 is 2.50 bits per heavy atom. The number of rotatable bonds is 4. The van der Waals surface area contributed by atoms with Crippen LogP contribution in [0.15, 0.2) is 49.0 Å². The fourth-order valence-corrected chi connectivity index (χ4v) is 3.33. The van der Waals surface area contributed by atoms with Gasteiger partial charge in [-0.25, -0.2) is 13.2 Å². The summed E-state index contributed by atoms with van der Waals surface area (Å²) in [6.45, 7) is 1.54. The fourth-order valence-electron chi connectivity index (χ4n) is 1.93. The Labute approximate surface area is 147 Å². The smallest absolute Gasteiger partial charge is 0.341 e. The summed E-state index contributed by atoms with van der Waals surface area (Å²) in [6, 6.07) is 8.89. The van der Waals surface area contributed by atoms with E-state index in [-0.39, 0.29) is 22.0 Å². The predicted molar refractivity (Wildman–Crippen MR) is 89.7 cm³/mol. The molecule has 24 heavy (non-hydrogen) atoms. The zero-order chi connectivity index (χ0) is 17.9. The largest absolute Gasteiger partial charge is 0.465 e. The van der Waals surface area contributed by atoms with Gasteiger partial charge in [0.25, 0.3) is 0 Å². The molecule has 124 valence electrons. The Balaban J connectivity index is 2.48. The summed E-state index contributed by atoms with van der Waals surface area (Å²) in [5.41, 5.74) is 0.169. The number of nitriles is 1. The molecule has 2 rings (SSSR count). The maximum absolute atomic E-state index is 12.5. The van der Waals surface area contributed by atoms with E-state index in [9.17, 15) is 18.5 Å². The van der Waals surface area contributed by atoms with Gasteiger partial charge in [0.1, 0.15) is 23.2 Å². The average molecular weight is 410 g/mol. The van der Waals surface area contributed by atoms with Crippen LogP contribution in [-0.2, 0) is 14.6 Å². The summed E-state index contributed by atoms with van der Waals surface area (Å²) in [5, 5.41) is 9.23. The highest BCUT2D eigenvalue weighted by Crippen LogP contribution is 2.24. The second kappa shape index (κ2) is 7.03. The van der Waals surface area contributed by atoms with Crippen molar-refractivity contribution in [1.82, 2.24) is 0 Å². The molecule has 0 spiro atoms. The molecule has 1 aromatic heterocycles. The van der Waals surface area contributed by atoms with Crippen LogP contribution >= 0.6 is 15.9 Å². The normalized spacial score (nSPS) is 11.8. The van der Waals surface area contributed by atoms with Crippen LogP contribution in [0, 0.1) is 18.3 Å². The van der Waals surface area contributed by atoms with Gasteiger partial charge in [-0.15, -0.1) is 0 Å². The van der Waals surface area contributed by atoms with Crippen molar-refractivity contribution in [2.45, 2.75) is 11.8 Å². The van der Waals surface area contributed by atoms with E-state index >= 15 is 0 Å². The minimum Gasteiger partial charge on any atom is -0.465 e. The molecule has 0 amide bonds. The predicted octanol–water partition coefficient (Wildman–Crippen LogP) is 3.48. The molecule has 0 N–H and O–H groups in total. The van der Waals surface area contributed by atoms with Gasteiger partial charge in [-0.1, -0.05) is 15.9 Å². The van der Waals surface area contributed by atoms with E-state index in [0.717, 1.165) is 6.08 Å². The number of methoxy groups -OCH3 is 1. The molecular weight excluding hydrogens is 398 g/mol. The van der Waals surface area contributed by atoms with Crippen LogP contribution in [0.3, 0.4) is 0 Å². The van der Waals surface area contributed by atoms with Gasteiger partial charge in [0, 0.05) is 10.5 Å². The minimum absolute atomic E-state index is 0.0185. The topological polar surface area (TPSA) is 97.4 Å². The Kier molecular flexibility index (Phi) is 5.26. The van der Waals surface area contributed by atoms with Crippen LogP contribution in [0.25, 0.3) is 6.08 Å². The number of aryl methyl sites for hydroxylation is 1. The summed E-state index contributed by atoms with van der Waals surface area (Å²) in [5.74, 6) is -0.262. The van der Waals surface area contributed by atoms with Crippen LogP contribution in [-0.4, -0.2) is 21.5 Å². The zero-order valence-corrected chi connectivity index (χ0v) is 15.1. The number of hydrogen-bond acceptors (Lipinski definition) is 6. The number of nitrogens with zero attached hydrogens (tertiary/aromatic N) is 1. The van der Waals surface area contributed by atoms with Crippen molar-refractivity contribution >= 4 is 37.8 Å². The quantitative estimate of drug-likeness (QED) is 0.566. The molecule has 1 heterocycles. The molecule has 0 atom stereocenters. The summed E-state index contributed by atoms with van der Waals surface area (Å²) < 4.78 is 35.7. The lowest BCUT2D eigenvalue weighted by atomic mass is 10.2. The van der Waals surface area contributed by atoms with Crippen molar-refractivity contribution in [1.29, 1.82) is 5.26 Å². The highest BCUT2D eigenvalue weighted by Gasteiger charge is 2.22. The number of carbonyl (C=O) groups excluding carboxylic acids is 1. The first-order valence-electron chi connectivity index (χ1n) is 6.60. The Bertz CT molecular complexity index is 949. The van der Waals surface area contributed by atoms with Gasteiger partial charge in [-0.05, 0) is 37.3 Å². The Morgan fingerprint density at radius 2 is 1.96 bits per heavy atom. The molecule has 0 aliphatic heterocycles. The number of carbonyl (C=O) groups is 1. The second-order valence-corrected chi connectivity index (χ2v) is 7.52. The molecule has 0 aliphatic rings. The SMILES string of the molecule is COC(=O)c1cc(C=C(C#N)S(=O)(=O)c2ccc(Br)cc2)oc1C. The third-order valence-corrected chi connectivity index (χ3v) is 5.35. The van der Waals surface area contributed by atoms with Gasteiger partial charge in [-0.2, -0.15) is 5.26 Å². The van der Waals surface area contributed by atoms with E-state index in [2.05, 4.69) is 20.7 Å². The first kappa shape index (κ1) is 18.0. The maximum Gasteiger partial charge on any atom is 0.341 e. The molecule has 0 unspecified atom stereocenters. The average Bonchev–Trinajstić information content (AvgIpc) is 2.92. The van der Waals surface area contributed by atoms with Crippen molar-refractivity contribution in [2.75, 3.05) is 7.11 Å². The van der Waals surface area contributed by atoms with Gasteiger partial charge in [0.15, 0.2) is 4.91 Å². The minimum atomic E-state index is -3.99. The zero-order valence-electron chi connectivity index (χ0n) is 12.7. The van der Waals surface area contributed by atoms with Crippen LogP contribution in [0.4, 0.5) is 0 Å². The van der Waals surface area contributed by atoms with E-state index in [0.29, 0.717) is 4.47 Å². The number of benzene rings is 1. The lowest BCUT2D eigenvalue weighted by Crippen LogP contribution is -2.03. The van der Waals surface area contributed by atoms with Gasteiger partial charge in [0.05, 0.1) is 12.0 Å². The van der Waals surface area contributed by atoms with E-state index in [1.54, 1.807) is 25.1 Å². The van der Waals surface area contributed by atoms with Gasteiger partial charge in [0.2, 0.25) is 9.84 Å². The fraction of sp³-hybridized carbons (Fsp3) is 0.125. The van der Waals surface area contributed by atoms with Crippen molar-refractivity contribution in [3.63, 3.8) is 0 Å². The molecule has 0 aliphatic carbocycles. The highest BCUT2D eigenvalue weighted by atomic mass is 79.9.